The Balaban J connectivity index is 4.49. The van der Waals surface area contributed by atoms with Crippen molar-refractivity contribution in [1.29, 1.82) is 0 Å². The zero-order valence-corrected chi connectivity index (χ0v) is 11.3. The third kappa shape index (κ3) is 6.94. The topological polar surface area (TPSA) is 63.6 Å². The first-order valence-corrected chi connectivity index (χ1v) is 6.55. The van der Waals surface area contributed by atoms with Crippen molar-refractivity contribution in [1.82, 2.24) is 0 Å². The maximum absolute atomic E-state index is 12.8. The molecule has 0 unspecified atom stereocenters. The van der Waals surface area contributed by atoms with Gasteiger partial charge in [-0.3, -0.25) is 4.55 Å². The molecule has 4 nitrogen and oxygen atoms in total. The lowest BCUT2D eigenvalue weighted by molar-refractivity contribution is -0.131. The molecule has 18 heavy (non-hydrogen) atoms. The number of hydrogen-bond donors (Lipinski definition) is 1. The zero-order chi connectivity index (χ0) is 14.8. The van der Waals surface area contributed by atoms with Crippen molar-refractivity contribution in [2.24, 2.45) is 0 Å². The van der Waals surface area contributed by atoms with Crippen LogP contribution in [0.5, 0.6) is 0 Å². The van der Waals surface area contributed by atoms with E-state index in [9.17, 15) is 34.8 Å². The van der Waals surface area contributed by atoms with Gasteiger partial charge in [-0.15, -0.1) is 0 Å². The summed E-state index contributed by atoms with van der Waals surface area (Å²) >= 11 is 0.582. The first kappa shape index (κ1) is 18.2. The van der Waals surface area contributed by atoms with E-state index in [0.717, 1.165) is 0 Å². The number of alkyl halides is 7. The van der Waals surface area contributed by atoms with Crippen molar-refractivity contribution in [2.45, 2.75) is 21.5 Å². The summed E-state index contributed by atoms with van der Waals surface area (Å²) in [7, 11) is -6.01. The van der Waals surface area contributed by atoms with Crippen LogP contribution < -0.4 is 0 Å². The zero-order valence-electron chi connectivity index (χ0n) is 8.35. The molecule has 0 rings (SSSR count). The highest BCUT2D eigenvalue weighted by Crippen LogP contribution is 2.34. The predicted octanol–water partition coefficient (Wildman–Crippen LogP) is 2.54. The molecular formula is C6H7F6IO4S. The standard InChI is InChI=1S/C6H7F6IO4S/c7-4(8,2-17-3-5(9,10)13)1-6(11,12)18(14,15)16/h1-3H2,(H,14,15,16). The molecule has 0 aromatic carbocycles. The van der Waals surface area contributed by atoms with Gasteiger partial charge in [0.05, 0.1) is 6.42 Å². The molecule has 110 valence electrons. The fourth-order valence-electron chi connectivity index (χ4n) is 0.759. The Kier molecular flexibility index (Phi) is 5.72. The van der Waals surface area contributed by atoms with Crippen molar-refractivity contribution >= 4 is 32.7 Å². The van der Waals surface area contributed by atoms with Crippen molar-refractivity contribution in [3.63, 3.8) is 0 Å². The fraction of sp³-hybridized carbons (Fsp3) is 1.00. The molecule has 0 saturated heterocycles. The van der Waals surface area contributed by atoms with Crippen LogP contribution in [0.25, 0.3) is 0 Å². The van der Waals surface area contributed by atoms with E-state index >= 15 is 0 Å². The first-order valence-electron chi connectivity index (χ1n) is 4.03. The Labute approximate surface area is 112 Å². The summed E-state index contributed by atoms with van der Waals surface area (Å²) < 4.78 is 104. The van der Waals surface area contributed by atoms with Crippen molar-refractivity contribution in [3.8, 4) is 0 Å². The van der Waals surface area contributed by atoms with Gasteiger partial charge in [0, 0.05) is 22.6 Å². The summed E-state index contributed by atoms with van der Waals surface area (Å²) in [6, 6.07) is 0. The van der Waals surface area contributed by atoms with Gasteiger partial charge >= 0.3 is 19.3 Å². The Bertz CT molecular complexity index is 378. The molecule has 0 aliphatic rings. The normalized spacial score (nSPS) is 14.9. The third-order valence-electron chi connectivity index (χ3n) is 1.42. The largest absolute Gasteiger partial charge is 0.375 e. The Morgan fingerprint density at radius 1 is 1.06 bits per heavy atom. The van der Waals surface area contributed by atoms with E-state index in [1.165, 1.54) is 0 Å². The molecular weight excluding hydrogens is 409 g/mol. The van der Waals surface area contributed by atoms with E-state index in [4.69, 9.17) is 4.55 Å². The molecule has 0 spiro atoms. The molecule has 0 atom stereocenters. The van der Waals surface area contributed by atoms with Gasteiger partial charge in [0.15, 0.2) is 0 Å². The molecule has 0 saturated carbocycles. The van der Waals surface area contributed by atoms with Crippen LogP contribution in [0.2, 0.25) is 0 Å². The molecule has 0 aromatic heterocycles. The minimum atomic E-state index is -6.01. The minimum Gasteiger partial charge on any atom is -0.368 e. The monoisotopic (exact) mass is 416 g/mol. The van der Waals surface area contributed by atoms with Gasteiger partial charge in [-0.2, -0.15) is 26.0 Å². The molecule has 1 N–H and O–H groups in total. The molecule has 0 heterocycles. The Morgan fingerprint density at radius 2 is 1.50 bits per heavy atom. The second-order valence-electron chi connectivity index (χ2n) is 3.25. The summed E-state index contributed by atoms with van der Waals surface area (Å²) in [5.74, 6) is -4.39. The highest BCUT2D eigenvalue weighted by atomic mass is 127. The molecule has 0 bridgehead atoms. The number of halogens is 7. The number of hydrogen-bond acceptors (Lipinski definition) is 3. The van der Waals surface area contributed by atoms with E-state index in [-0.39, 0.29) is 0 Å². The quantitative estimate of drug-likeness (QED) is 0.300. The van der Waals surface area contributed by atoms with Gasteiger partial charge in [-0.1, -0.05) is 0 Å². The summed E-state index contributed by atoms with van der Waals surface area (Å²) in [6.45, 7) is -3.27. The van der Waals surface area contributed by atoms with Gasteiger partial charge in [-0.05, 0) is 0 Å². The van der Waals surface area contributed by atoms with Crippen LogP contribution in [0.3, 0.4) is 0 Å². The van der Waals surface area contributed by atoms with E-state index in [1.54, 1.807) is 0 Å². The molecule has 0 amide bonds. The highest BCUT2D eigenvalue weighted by molar-refractivity contribution is 14.1. The number of rotatable bonds is 7. The molecule has 0 fully saturated rings. The van der Waals surface area contributed by atoms with Crippen LogP contribution >= 0.6 is 22.6 Å². The Morgan fingerprint density at radius 3 is 1.83 bits per heavy atom. The Hall–Kier alpha value is 0.180. The molecule has 0 aliphatic heterocycles. The molecule has 0 aliphatic carbocycles. The molecule has 0 radical (unpaired) electrons. The van der Waals surface area contributed by atoms with E-state index < -0.39 is 44.9 Å². The average Bonchev–Trinajstić information content (AvgIpc) is 1.95. The van der Waals surface area contributed by atoms with Crippen LogP contribution in [0.1, 0.15) is 6.42 Å². The van der Waals surface area contributed by atoms with Crippen molar-refractivity contribution < 1.29 is 44.0 Å². The van der Waals surface area contributed by atoms with Gasteiger partial charge in [0.1, 0.15) is 13.2 Å². The third-order valence-corrected chi connectivity index (χ3v) is 2.63. The SMILES string of the molecule is O=S(=O)(O)C(F)(F)CC(F)(F)COCC(F)(F)I. The van der Waals surface area contributed by atoms with Crippen molar-refractivity contribution in [3.05, 3.63) is 0 Å². The first-order chi connectivity index (χ1) is 7.66. The van der Waals surface area contributed by atoms with Crippen LogP contribution in [-0.2, 0) is 14.9 Å². The minimum absolute atomic E-state index is 0.582. The van der Waals surface area contributed by atoms with Gasteiger partial charge in [-0.25, -0.2) is 8.78 Å². The van der Waals surface area contributed by atoms with Crippen molar-refractivity contribution in [2.75, 3.05) is 13.2 Å². The van der Waals surface area contributed by atoms with E-state index in [2.05, 4.69) is 4.74 Å². The molecule has 0 aromatic rings. The second kappa shape index (κ2) is 5.66. The highest BCUT2D eigenvalue weighted by Gasteiger charge is 2.52. The van der Waals surface area contributed by atoms with E-state index in [1.807, 2.05) is 0 Å². The van der Waals surface area contributed by atoms with E-state index in [0.29, 0.717) is 22.6 Å². The lowest BCUT2D eigenvalue weighted by atomic mass is 10.2. The fourth-order valence-corrected chi connectivity index (χ4v) is 1.37. The lowest BCUT2D eigenvalue weighted by Gasteiger charge is -2.21. The summed E-state index contributed by atoms with van der Waals surface area (Å²) in [5, 5.41) is -5.09. The van der Waals surface area contributed by atoms with Gasteiger partial charge in [0.25, 0.3) is 5.92 Å². The summed E-state index contributed by atoms with van der Waals surface area (Å²) in [4.78, 5) is 0. The molecule has 12 heteroatoms. The average molecular weight is 416 g/mol. The smallest absolute Gasteiger partial charge is 0.368 e. The van der Waals surface area contributed by atoms with Crippen LogP contribution in [0, 0.1) is 0 Å². The number of ether oxygens (including phenoxy) is 1. The van der Waals surface area contributed by atoms with Gasteiger partial charge in [0.2, 0.25) is 0 Å². The lowest BCUT2D eigenvalue weighted by Crippen LogP contribution is -2.38. The predicted molar refractivity (Wildman–Crippen MR) is 55.8 cm³/mol. The van der Waals surface area contributed by atoms with Crippen LogP contribution in [0.4, 0.5) is 26.3 Å². The maximum atomic E-state index is 12.8. The maximum Gasteiger partial charge on any atom is 0.375 e. The second-order valence-corrected chi connectivity index (χ2v) is 6.38. The summed E-state index contributed by atoms with van der Waals surface area (Å²) in [6.07, 6.45) is -2.56. The van der Waals surface area contributed by atoms with Crippen LogP contribution in [-0.4, -0.2) is 41.3 Å². The van der Waals surface area contributed by atoms with Gasteiger partial charge < -0.3 is 4.74 Å². The van der Waals surface area contributed by atoms with Crippen LogP contribution in [0.15, 0.2) is 0 Å². The summed E-state index contributed by atoms with van der Waals surface area (Å²) in [5.41, 5.74) is 0.